The molecule has 114 valence electrons. The summed E-state index contributed by atoms with van der Waals surface area (Å²) in [7, 11) is 4.09. The minimum Gasteiger partial charge on any atom is -0.387 e. The lowest BCUT2D eigenvalue weighted by Gasteiger charge is -2.47. The third-order valence-corrected chi connectivity index (χ3v) is 5.12. The van der Waals surface area contributed by atoms with Crippen molar-refractivity contribution in [3.63, 3.8) is 0 Å². The van der Waals surface area contributed by atoms with Crippen molar-refractivity contribution in [1.82, 2.24) is 10.2 Å². The van der Waals surface area contributed by atoms with Gasteiger partial charge in [0, 0.05) is 30.9 Å². The molecule has 3 rings (SSSR count). The summed E-state index contributed by atoms with van der Waals surface area (Å²) < 4.78 is 0. The van der Waals surface area contributed by atoms with Crippen LogP contribution in [-0.4, -0.2) is 43.0 Å². The predicted octanol–water partition coefficient (Wildman–Crippen LogP) is 2.47. The molecule has 2 unspecified atom stereocenters. The smallest absolute Gasteiger partial charge is 0.253 e. The lowest BCUT2D eigenvalue weighted by atomic mass is 9.82. The third kappa shape index (κ3) is 2.91. The monoisotopic (exact) mass is 287 g/mol. The lowest BCUT2D eigenvalue weighted by molar-refractivity contribution is 0.0463. The van der Waals surface area contributed by atoms with Crippen molar-refractivity contribution in [3.05, 3.63) is 29.8 Å². The van der Waals surface area contributed by atoms with E-state index in [4.69, 9.17) is 0 Å². The summed E-state index contributed by atoms with van der Waals surface area (Å²) in [6.45, 7) is 0. The molecule has 4 nitrogen and oxygen atoms in total. The standard InChI is InChI=1S/C17H25N3O/c1-18-16-9-4-3-8-15(16)17(21)19-12-10-13-6-5-7-14(11-12)20(13)2/h3-4,8-9,12-14,18H,5-7,10-11H2,1-2H3,(H,19,21). The summed E-state index contributed by atoms with van der Waals surface area (Å²) in [5, 5.41) is 6.35. The lowest BCUT2D eigenvalue weighted by Crippen LogP contribution is -2.55. The van der Waals surface area contributed by atoms with Gasteiger partial charge in [-0.2, -0.15) is 0 Å². The predicted molar refractivity (Wildman–Crippen MR) is 85.7 cm³/mol. The first-order valence-corrected chi connectivity index (χ1v) is 7.98. The Morgan fingerprint density at radius 3 is 2.52 bits per heavy atom. The number of amides is 1. The zero-order chi connectivity index (χ0) is 14.8. The number of nitrogens with one attached hydrogen (secondary N) is 2. The SMILES string of the molecule is CNc1ccccc1C(=O)NC1CC2CCCC(C1)N2C. The Hall–Kier alpha value is -1.55. The van der Waals surface area contributed by atoms with Crippen molar-refractivity contribution in [2.75, 3.05) is 19.4 Å². The molecule has 21 heavy (non-hydrogen) atoms. The number of anilines is 1. The Kier molecular flexibility index (Phi) is 4.15. The van der Waals surface area contributed by atoms with Gasteiger partial charge in [-0.3, -0.25) is 4.79 Å². The molecule has 0 saturated carbocycles. The minimum atomic E-state index is 0.0487. The van der Waals surface area contributed by atoms with E-state index in [9.17, 15) is 4.79 Å². The molecule has 2 aliphatic rings. The zero-order valence-corrected chi connectivity index (χ0v) is 12.9. The summed E-state index contributed by atoms with van der Waals surface area (Å²) in [6, 6.07) is 9.29. The van der Waals surface area contributed by atoms with Crippen LogP contribution in [0.2, 0.25) is 0 Å². The third-order valence-electron chi connectivity index (χ3n) is 5.12. The van der Waals surface area contributed by atoms with Crippen molar-refractivity contribution in [2.45, 2.75) is 50.2 Å². The van der Waals surface area contributed by atoms with Gasteiger partial charge in [0.2, 0.25) is 0 Å². The largest absolute Gasteiger partial charge is 0.387 e. The van der Waals surface area contributed by atoms with Crippen molar-refractivity contribution in [1.29, 1.82) is 0 Å². The van der Waals surface area contributed by atoms with Crippen LogP contribution < -0.4 is 10.6 Å². The van der Waals surface area contributed by atoms with Crippen LogP contribution >= 0.6 is 0 Å². The van der Waals surface area contributed by atoms with Crippen molar-refractivity contribution >= 4 is 11.6 Å². The Morgan fingerprint density at radius 2 is 1.86 bits per heavy atom. The number of rotatable bonds is 3. The maximum absolute atomic E-state index is 12.5. The number of nitrogens with zero attached hydrogens (tertiary/aromatic N) is 1. The van der Waals surface area contributed by atoms with Gasteiger partial charge in [0.05, 0.1) is 5.56 Å². The normalized spacial score (nSPS) is 29.0. The highest BCUT2D eigenvalue weighted by Crippen LogP contribution is 2.32. The molecule has 2 atom stereocenters. The Bertz CT molecular complexity index is 503. The van der Waals surface area contributed by atoms with E-state index in [2.05, 4.69) is 22.6 Å². The molecule has 2 fully saturated rings. The van der Waals surface area contributed by atoms with Crippen molar-refractivity contribution in [2.24, 2.45) is 0 Å². The molecule has 1 aromatic carbocycles. The van der Waals surface area contributed by atoms with Gasteiger partial charge in [0.15, 0.2) is 0 Å². The molecule has 0 spiro atoms. The van der Waals surface area contributed by atoms with E-state index < -0.39 is 0 Å². The molecule has 2 N–H and O–H groups in total. The maximum Gasteiger partial charge on any atom is 0.253 e. The van der Waals surface area contributed by atoms with Crippen LogP contribution in [0.5, 0.6) is 0 Å². The van der Waals surface area contributed by atoms with Gasteiger partial charge in [-0.1, -0.05) is 18.6 Å². The molecule has 0 radical (unpaired) electrons. The molecule has 0 aromatic heterocycles. The van der Waals surface area contributed by atoms with Gasteiger partial charge in [-0.25, -0.2) is 0 Å². The molecule has 2 bridgehead atoms. The van der Waals surface area contributed by atoms with Crippen LogP contribution in [0.15, 0.2) is 24.3 Å². The van der Waals surface area contributed by atoms with Crippen molar-refractivity contribution < 1.29 is 4.79 Å². The van der Waals surface area contributed by atoms with E-state index in [1.807, 2.05) is 31.3 Å². The fraction of sp³-hybridized carbons (Fsp3) is 0.588. The van der Waals surface area contributed by atoms with Crippen LogP contribution in [0.4, 0.5) is 5.69 Å². The molecule has 1 aromatic rings. The van der Waals surface area contributed by atoms with Gasteiger partial charge < -0.3 is 15.5 Å². The number of benzene rings is 1. The van der Waals surface area contributed by atoms with E-state index in [0.29, 0.717) is 18.1 Å². The molecular formula is C17H25N3O. The Morgan fingerprint density at radius 1 is 1.19 bits per heavy atom. The number of para-hydroxylation sites is 1. The fourth-order valence-corrected chi connectivity index (χ4v) is 3.90. The second-order valence-electron chi connectivity index (χ2n) is 6.34. The van der Waals surface area contributed by atoms with E-state index in [0.717, 1.165) is 24.1 Å². The number of hydrogen-bond acceptors (Lipinski definition) is 3. The van der Waals surface area contributed by atoms with Gasteiger partial charge in [-0.15, -0.1) is 0 Å². The molecular weight excluding hydrogens is 262 g/mol. The first kappa shape index (κ1) is 14.4. The topological polar surface area (TPSA) is 44.4 Å². The first-order chi connectivity index (χ1) is 10.2. The summed E-state index contributed by atoms with van der Waals surface area (Å²) in [5.74, 6) is 0.0487. The van der Waals surface area contributed by atoms with Crippen molar-refractivity contribution in [3.8, 4) is 0 Å². The molecule has 2 aliphatic heterocycles. The van der Waals surface area contributed by atoms with E-state index in [1.165, 1.54) is 19.3 Å². The zero-order valence-electron chi connectivity index (χ0n) is 12.9. The molecule has 1 amide bonds. The molecule has 0 aliphatic carbocycles. The average Bonchev–Trinajstić information content (AvgIpc) is 2.48. The Balaban J connectivity index is 1.68. The van der Waals surface area contributed by atoms with Gasteiger partial charge in [0.1, 0.15) is 0 Å². The van der Waals surface area contributed by atoms with E-state index in [1.54, 1.807) is 0 Å². The second-order valence-corrected chi connectivity index (χ2v) is 6.34. The maximum atomic E-state index is 12.5. The first-order valence-electron chi connectivity index (χ1n) is 7.98. The average molecular weight is 287 g/mol. The summed E-state index contributed by atoms with van der Waals surface area (Å²) in [4.78, 5) is 15.1. The van der Waals surface area contributed by atoms with Crippen LogP contribution in [0.1, 0.15) is 42.5 Å². The number of carbonyl (C=O) groups is 1. The fourth-order valence-electron chi connectivity index (χ4n) is 3.90. The highest BCUT2D eigenvalue weighted by molar-refractivity contribution is 5.99. The van der Waals surface area contributed by atoms with E-state index >= 15 is 0 Å². The highest BCUT2D eigenvalue weighted by Gasteiger charge is 2.36. The van der Waals surface area contributed by atoms with Crippen LogP contribution in [0, 0.1) is 0 Å². The minimum absolute atomic E-state index is 0.0487. The van der Waals surface area contributed by atoms with Gasteiger partial charge >= 0.3 is 0 Å². The Labute approximate surface area is 126 Å². The number of piperidine rings is 2. The van der Waals surface area contributed by atoms with E-state index in [-0.39, 0.29) is 5.91 Å². The number of fused-ring (bicyclic) bond motifs is 2. The second kappa shape index (κ2) is 6.06. The molecule has 2 saturated heterocycles. The molecule has 2 heterocycles. The number of carbonyl (C=O) groups excluding carboxylic acids is 1. The number of hydrogen-bond donors (Lipinski definition) is 2. The summed E-state index contributed by atoms with van der Waals surface area (Å²) in [6.07, 6.45) is 6.04. The van der Waals surface area contributed by atoms with Gasteiger partial charge in [0.25, 0.3) is 5.91 Å². The quantitative estimate of drug-likeness (QED) is 0.897. The highest BCUT2D eigenvalue weighted by atomic mass is 16.1. The van der Waals surface area contributed by atoms with Crippen LogP contribution in [0.25, 0.3) is 0 Å². The van der Waals surface area contributed by atoms with Gasteiger partial charge in [-0.05, 0) is 44.9 Å². The summed E-state index contributed by atoms with van der Waals surface area (Å²) >= 11 is 0. The van der Waals surface area contributed by atoms with Crippen LogP contribution in [0.3, 0.4) is 0 Å². The van der Waals surface area contributed by atoms with Crippen LogP contribution in [-0.2, 0) is 0 Å². The molecule has 4 heteroatoms. The summed E-state index contributed by atoms with van der Waals surface area (Å²) in [5.41, 5.74) is 1.63.